The van der Waals surface area contributed by atoms with Crippen LogP contribution in [-0.2, 0) is 17.8 Å². The molecule has 1 aromatic heterocycles. The number of nitrogens with one attached hydrogen (secondary N) is 1. The Morgan fingerprint density at radius 3 is 3.04 bits per heavy atom. The van der Waals surface area contributed by atoms with Crippen LogP contribution in [0.3, 0.4) is 0 Å². The van der Waals surface area contributed by atoms with Crippen molar-refractivity contribution >= 4 is 5.91 Å². The maximum Gasteiger partial charge on any atom is 0.224 e. The standard InChI is InChI=1S/C17H17F2N3O/c18-10-1-3-12(15(19)7-10)13-8-14(13)17(23)21-11-2-4-16-20-5-6-22(16)9-11/h1,3,5-7,11,13-14H,2,4,8-9H2,(H,21,23). The SMILES string of the molecule is O=C(NC1CCc2nccn2C1)C1CC1c1ccc(F)cc1F. The fraction of sp³-hybridized carbons (Fsp3) is 0.412. The molecule has 1 fully saturated rings. The summed E-state index contributed by atoms with van der Waals surface area (Å²) in [5, 5.41) is 3.06. The third-order valence-corrected chi connectivity index (χ3v) is 4.77. The average molecular weight is 317 g/mol. The van der Waals surface area contributed by atoms with Gasteiger partial charge in [-0.1, -0.05) is 6.07 Å². The van der Waals surface area contributed by atoms with Gasteiger partial charge in [0.25, 0.3) is 0 Å². The topological polar surface area (TPSA) is 46.9 Å². The minimum atomic E-state index is -0.591. The summed E-state index contributed by atoms with van der Waals surface area (Å²) in [7, 11) is 0. The predicted molar refractivity (Wildman–Crippen MR) is 79.7 cm³/mol. The van der Waals surface area contributed by atoms with E-state index in [4.69, 9.17) is 0 Å². The molecule has 0 spiro atoms. The maximum absolute atomic E-state index is 13.8. The quantitative estimate of drug-likeness (QED) is 0.945. The number of halogens is 2. The molecule has 23 heavy (non-hydrogen) atoms. The molecule has 4 nitrogen and oxygen atoms in total. The highest BCUT2D eigenvalue weighted by Gasteiger charge is 2.45. The van der Waals surface area contributed by atoms with Gasteiger partial charge in [-0.3, -0.25) is 4.79 Å². The molecule has 2 heterocycles. The third-order valence-electron chi connectivity index (χ3n) is 4.77. The van der Waals surface area contributed by atoms with Gasteiger partial charge in [0.1, 0.15) is 17.5 Å². The molecule has 3 atom stereocenters. The number of amides is 1. The van der Waals surface area contributed by atoms with Gasteiger partial charge >= 0.3 is 0 Å². The maximum atomic E-state index is 13.8. The van der Waals surface area contributed by atoms with Crippen molar-refractivity contribution in [2.24, 2.45) is 5.92 Å². The minimum absolute atomic E-state index is 0.0349. The van der Waals surface area contributed by atoms with Gasteiger partial charge in [-0.05, 0) is 30.4 Å². The summed E-state index contributed by atoms with van der Waals surface area (Å²) in [6.07, 6.45) is 6.02. The van der Waals surface area contributed by atoms with Gasteiger partial charge < -0.3 is 9.88 Å². The lowest BCUT2D eigenvalue weighted by Gasteiger charge is -2.24. The lowest BCUT2D eigenvalue weighted by atomic mass is 10.1. The molecular formula is C17H17F2N3O. The van der Waals surface area contributed by atoms with Crippen molar-refractivity contribution in [1.82, 2.24) is 14.9 Å². The summed E-state index contributed by atoms with van der Waals surface area (Å²) < 4.78 is 28.8. The van der Waals surface area contributed by atoms with Crippen molar-refractivity contribution in [3.63, 3.8) is 0 Å². The van der Waals surface area contributed by atoms with E-state index in [1.54, 1.807) is 6.20 Å². The van der Waals surface area contributed by atoms with Crippen LogP contribution in [0.5, 0.6) is 0 Å². The second kappa shape index (κ2) is 5.44. The van der Waals surface area contributed by atoms with Crippen LogP contribution in [0.2, 0.25) is 0 Å². The highest BCUT2D eigenvalue weighted by molar-refractivity contribution is 5.83. The van der Waals surface area contributed by atoms with Crippen molar-refractivity contribution in [2.45, 2.75) is 37.8 Å². The van der Waals surface area contributed by atoms with Crippen LogP contribution >= 0.6 is 0 Å². The van der Waals surface area contributed by atoms with Crippen molar-refractivity contribution in [3.8, 4) is 0 Å². The fourth-order valence-corrected chi connectivity index (χ4v) is 3.42. The number of carbonyl (C=O) groups excluding carboxylic acids is 1. The van der Waals surface area contributed by atoms with Crippen LogP contribution in [0.1, 0.15) is 30.1 Å². The van der Waals surface area contributed by atoms with E-state index in [0.717, 1.165) is 31.3 Å². The van der Waals surface area contributed by atoms with Crippen LogP contribution in [-0.4, -0.2) is 21.5 Å². The first-order valence-corrected chi connectivity index (χ1v) is 7.87. The van der Waals surface area contributed by atoms with E-state index in [1.165, 1.54) is 12.1 Å². The van der Waals surface area contributed by atoms with Gasteiger partial charge in [-0.2, -0.15) is 0 Å². The Morgan fingerprint density at radius 2 is 2.22 bits per heavy atom. The Hall–Kier alpha value is -2.24. The van der Waals surface area contributed by atoms with Crippen molar-refractivity contribution in [2.75, 3.05) is 0 Å². The van der Waals surface area contributed by atoms with Gasteiger partial charge in [0.2, 0.25) is 5.91 Å². The molecule has 0 radical (unpaired) electrons. The number of aromatic nitrogens is 2. The summed E-state index contributed by atoms with van der Waals surface area (Å²) >= 11 is 0. The van der Waals surface area contributed by atoms with E-state index in [2.05, 4.69) is 14.9 Å². The Bertz CT molecular complexity index is 758. The molecule has 1 aromatic carbocycles. The molecule has 1 saturated carbocycles. The normalized spacial score (nSPS) is 25.7. The second-order valence-electron chi connectivity index (χ2n) is 6.35. The first-order valence-electron chi connectivity index (χ1n) is 7.87. The van der Waals surface area contributed by atoms with E-state index < -0.39 is 11.6 Å². The number of benzene rings is 1. The molecule has 4 rings (SSSR count). The Kier molecular flexibility index (Phi) is 3.39. The van der Waals surface area contributed by atoms with Gasteiger partial charge in [0.15, 0.2) is 0 Å². The molecule has 1 amide bonds. The van der Waals surface area contributed by atoms with Crippen molar-refractivity contribution in [1.29, 1.82) is 0 Å². The van der Waals surface area contributed by atoms with Crippen LogP contribution in [0.15, 0.2) is 30.6 Å². The molecule has 0 saturated heterocycles. The number of fused-ring (bicyclic) bond motifs is 1. The number of hydrogen-bond donors (Lipinski definition) is 1. The summed E-state index contributed by atoms with van der Waals surface area (Å²) in [6, 6.07) is 3.65. The Balaban J connectivity index is 1.38. The molecule has 1 aliphatic heterocycles. The molecule has 0 bridgehead atoms. The highest BCUT2D eigenvalue weighted by Crippen LogP contribution is 2.48. The monoisotopic (exact) mass is 317 g/mol. The average Bonchev–Trinajstić information content (AvgIpc) is 3.17. The lowest BCUT2D eigenvalue weighted by Crippen LogP contribution is -2.41. The molecule has 3 unspecified atom stereocenters. The fourth-order valence-electron chi connectivity index (χ4n) is 3.42. The van der Waals surface area contributed by atoms with Crippen molar-refractivity contribution in [3.05, 3.63) is 53.6 Å². The second-order valence-corrected chi connectivity index (χ2v) is 6.35. The first-order chi connectivity index (χ1) is 11.1. The summed E-state index contributed by atoms with van der Waals surface area (Å²) in [4.78, 5) is 16.6. The highest BCUT2D eigenvalue weighted by atomic mass is 19.1. The van der Waals surface area contributed by atoms with E-state index in [1.807, 2.05) is 6.20 Å². The molecule has 120 valence electrons. The Morgan fingerprint density at radius 1 is 1.35 bits per heavy atom. The molecule has 2 aliphatic rings. The largest absolute Gasteiger partial charge is 0.351 e. The number of imidazole rings is 1. The van der Waals surface area contributed by atoms with Crippen LogP contribution < -0.4 is 5.32 Å². The van der Waals surface area contributed by atoms with E-state index >= 15 is 0 Å². The number of aryl methyl sites for hydroxylation is 1. The van der Waals surface area contributed by atoms with Crippen LogP contribution in [0.25, 0.3) is 0 Å². The molecule has 6 heteroatoms. The van der Waals surface area contributed by atoms with E-state index in [-0.39, 0.29) is 23.8 Å². The number of carbonyl (C=O) groups is 1. The number of rotatable bonds is 3. The summed E-state index contributed by atoms with van der Waals surface area (Å²) in [5.41, 5.74) is 0.437. The van der Waals surface area contributed by atoms with Crippen molar-refractivity contribution < 1.29 is 13.6 Å². The molecule has 1 aliphatic carbocycles. The lowest BCUT2D eigenvalue weighted by molar-refractivity contribution is -0.123. The minimum Gasteiger partial charge on any atom is -0.351 e. The zero-order chi connectivity index (χ0) is 16.0. The van der Waals surface area contributed by atoms with Crippen LogP contribution in [0, 0.1) is 17.6 Å². The molecular weight excluding hydrogens is 300 g/mol. The molecule has 2 aromatic rings. The van der Waals surface area contributed by atoms with Gasteiger partial charge in [-0.15, -0.1) is 0 Å². The number of nitrogens with zero attached hydrogens (tertiary/aromatic N) is 2. The van der Waals surface area contributed by atoms with Crippen LogP contribution in [0.4, 0.5) is 8.78 Å². The number of hydrogen-bond acceptors (Lipinski definition) is 2. The third kappa shape index (κ3) is 2.73. The van der Waals surface area contributed by atoms with Gasteiger partial charge in [0.05, 0.1) is 0 Å². The predicted octanol–water partition coefficient (Wildman–Crippen LogP) is 2.40. The zero-order valence-electron chi connectivity index (χ0n) is 12.5. The van der Waals surface area contributed by atoms with Gasteiger partial charge in [-0.25, -0.2) is 13.8 Å². The zero-order valence-corrected chi connectivity index (χ0v) is 12.5. The molecule has 1 N–H and O–H groups in total. The van der Waals surface area contributed by atoms with E-state index in [0.29, 0.717) is 12.0 Å². The Labute approximate surface area is 132 Å². The smallest absolute Gasteiger partial charge is 0.224 e. The van der Waals surface area contributed by atoms with Gasteiger partial charge in [0, 0.05) is 43.4 Å². The first kappa shape index (κ1) is 14.4. The summed E-state index contributed by atoms with van der Waals surface area (Å²) in [5.74, 6) is -0.486. The van der Waals surface area contributed by atoms with E-state index in [9.17, 15) is 13.6 Å². The summed E-state index contributed by atoms with van der Waals surface area (Å²) in [6.45, 7) is 0.726.